The van der Waals surface area contributed by atoms with Gasteiger partial charge in [0.1, 0.15) is 6.61 Å². The van der Waals surface area contributed by atoms with E-state index in [2.05, 4.69) is 16.6 Å². The molecule has 0 aliphatic rings. The molecule has 5 heteroatoms. The first kappa shape index (κ1) is 14.9. The first-order valence-electron chi connectivity index (χ1n) is 5.85. The lowest BCUT2D eigenvalue weighted by atomic mass is 10.2. The van der Waals surface area contributed by atoms with Gasteiger partial charge in [-0.1, -0.05) is 12.0 Å². The second kappa shape index (κ2) is 8.01. The molecule has 0 radical (unpaired) electrons. The van der Waals surface area contributed by atoms with Crippen LogP contribution in [-0.2, 0) is 11.3 Å². The Morgan fingerprint density at radius 1 is 1.42 bits per heavy atom. The number of carbonyl (C=O) groups is 1. The monoisotopic (exact) mass is 262 g/mol. The molecule has 102 valence electrons. The number of nitrogens with one attached hydrogen (secondary N) is 2. The smallest absolute Gasteiger partial charge is 0.234 e. The Bertz CT molecular complexity index is 466. The summed E-state index contributed by atoms with van der Waals surface area (Å²) in [4.78, 5) is 11.3. The highest BCUT2D eigenvalue weighted by Gasteiger charge is 2.06. The van der Waals surface area contributed by atoms with Crippen molar-refractivity contribution in [1.29, 1.82) is 0 Å². The van der Waals surface area contributed by atoms with Crippen LogP contribution in [0.15, 0.2) is 18.2 Å². The Hall–Kier alpha value is -2.19. The number of hydrogen-bond acceptors (Lipinski definition) is 4. The Morgan fingerprint density at radius 2 is 2.21 bits per heavy atom. The normalized spacial score (nSPS) is 9.53. The number of likely N-dealkylation sites (N-methyl/N-ethyl adjacent to an activating group) is 1. The number of ether oxygens (including phenoxy) is 2. The Labute approximate surface area is 113 Å². The van der Waals surface area contributed by atoms with Gasteiger partial charge in [-0.15, -0.1) is 6.42 Å². The molecule has 0 aliphatic carbocycles. The molecule has 0 bridgehead atoms. The van der Waals surface area contributed by atoms with Crippen LogP contribution < -0.4 is 20.1 Å². The van der Waals surface area contributed by atoms with Crippen molar-refractivity contribution in [2.24, 2.45) is 0 Å². The minimum atomic E-state index is -0.0654. The summed E-state index contributed by atoms with van der Waals surface area (Å²) in [6.45, 7) is 0.888. The second-order valence-corrected chi connectivity index (χ2v) is 3.79. The van der Waals surface area contributed by atoms with E-state index in [1.807, 2.05) is 6.07 Å². The van der Waals surface area contributed by atoms with Crippen LogP contribution >= 0.6 is 0 Å². The maximum absolute atomic E-state index is 11.3. The molecule has 0 saturated heterocycles. The molecule has 5 nitrogen and oxygen atoms in total. The second-order valence-electron chi connectivity index (χ2n) is 3.79. The number of methoxy groups -OCH3 is 1. The van der Waals surface area contributed by atoms with Crippen molar-refractivity contribution in [3.63, 3.8) is 0 Å². The Balaban J connectivity index is 2.69. The maximum atomic E-state index is 11.3. The van der Waals surface area contributed by atoms with Crippen molar-refractivity contribution in [3.05, 3.63) is 23.8 Å². The molecule has 0 fully saturated rings. The summed E-state index contributed by atoms with van der Waals surface area (Å²) >= 11 is 0. The van der Waals surface area contributed by atoms with Gasteiger partial charge in [-0.25, -0.2) is 0 Å². The van der Waals surface area contributed by atoms with Gasteiger partial charge in [0.05, 0.1) is 13.7 Å². The molecular formula is C14H18N2O3. The van der Waals surface area contributed by atoms with Crippen LogP contribution in [0.3, 0.4) is 0 Å². The summed E-state index contributed by atoms with van der Waals surface area (Å²) < 4.78 is 10.6. The van der Waals surface area contributed by atoms with Crippen molar-refractivity contribution < 1.29 is 14.3 Å². The molecule has 19 heavy (non-hydrogen) atoms. The first-order chi connectivity index (χ1) is 9.21. The lowest BCUT2D eigenvalue weighted by Crippen LogP contribution is -2.31. The van der Waals surface area contributed by atoms with Crippen molar-refractivity contribution in [1.82, 2.24) is 10.6 Å². The van der Waals surface area contributed by atoms with Crippen molar-refractivity contribution >= 4 is 5.91 Å². The van der Waals surface area contributed by atoms with E-state index in [9.17, 15) is 4.79 Å². The van der Waals surface area contributed by atoms with Gasteiger partial charge >= 0.3 is 0 Å². The van der Waals surface area contributed by atoms with Gasteiger partial charge in [-0.2, -0.15) is 0 Å². The van der Waals surface area contributed by atoms with Gasteiger partial charge in [-0.3, -0.25) is 4.79 Å². The Kier molecular flexibility index (Phi) is 6.27. The topological polar surface area (TPSA) is 59.6 Å². The van der Waals surface area contributed by atoms with Crippen LogP contribution in [0.25, 0.3) is 0 Å². The Morgan fingerprint density at radius 3 is 2.84 bits per heavy atom. The number of rotatable bonds is 7. The quantitative estimate of drug-likeness (QED) is 0.704. The lowest BCUT2D eigenvalue weighted by Gasteiger charge is -2.11. The summed E-state index contributed by atoms with van der Waals surface area (Å²) in [6, 6.07) is 5.45. The third kappa shape index (κ3) is 4.90. The fraction of sp³-hybridized carbons (Fsp3) is 0.357. The molecule has 1 rings (SSSR count). The van der Waals surface area contributed by atoms with E-state index in [1.54, 1.807) is 26.3 Å². The third-order valence-electron chi connectivity index (χ3n) is 2.37. The molecule has 1 aromatic carbocycles. The van der Waals surface area contributed by atoms with Crippen molar-refractivity contribution in [2.75, 3.05) is 27.3 Å². The van der Waals surface area contributed by atoms with Gasteiger partial charge in [0.25, 0.3) is 0 Å². The molecule has 0 unspecified atom stereocenters. The van der Waals surface area contributed by atoms with Gasteiger partial charge in [0.15, 0.2) is 11.5 Å². The average Bonchev–Trinajstić information content (AvgIpc) is 2.43. The lowest BCUT2D eigenvalue weighted by molar-refractivity contribution is -0.120. The molecule has 0 heterocycles. The fourth-order valence-electron chi connectivity index (χ4n) is 1.49. The SMILES string of the molecule is C#CCOc1cc(CNC(=O)CNC)ccc1OC. The van der Waals surface area contributed by atoms with E-state index in [-0.39, 0.29) is 19.1 Å². The van der Waals surface area contributed by atoms with Crippen LogP contribution in [0.2, 0.25) is 0 Å². The molecule has 0 saturated carbocycles. The van der Waals surface area contributed by atoms with Gasteiger partial charge in [0, 0.05) is 6.54 Å². The minimum absolute atomic E-state index is 0.0654. The first-order valence-corrected chi connectivity index (χ1v) is 5.85. The highest BCUT2D eigenvalue weighted by Crippen LogP contribution is 2.27. The summed E-state index contributed by atoms with van der Waals surface area (Å²) in [7, 11) is 3.28. The maximum Gasteiger partial charge on any atom is 0.234 e. The largest absolute Gasteiger partial charge is 0.493 e. The molecule has 1 amide bonds. The predicted molar refractivity (Wildman–Crippen MR) is 73.1 cm³/mol. The fourth-order valence-corrected chi connectivity index (χ4v) is 1.49. The summed E-state index contributed by atoms with van der Waals surface area (Å²) in [6.07, 6.45) is 5.16. The molecule has 0 aromatic heterocycles. The van der Waals surface area contributed by atoms with Crippen molar-refractivity contribution in [3.8, 4) is 23.8 Å². The summed E-state index contributed by atoms with van der Waals surface area (Å²) in [5.74, 6) is 3.51. The predicted octanol–water partition coefficient (Wildman–Crippen LogP) is 0.543. The van der Waals surface area contributed by atoms with Crippen LogP contribution in [0.4, 0.5) is 0 Å². The van der Waals surface area contributed by atoms with E-state index in [4.69, 9.17) is 15.9 Å². The number of benzene rings is 1. The molecule has 0 aliphatic heterocycles. The van der Waals surface area contributed by atoms with Crippen molar-refractivity contribution in [2.45, 2.75) is 6.54 Å². The van der Waals surface area contributed by atoms with E-state index in [0.717, 1.165) is 5.56 Å². The standard InChI is InChI=1S/C14H18N2O3/c1-4-7-19-13-8-11(5-6-12(13)18-3)9-16-14(17)10-15-2/h1,5-6,8,15H,7,9-10H2,2-3H3,(H,16,17). The number of amides is 1. The zero-order chi connectivity index (χ0) is 14.1. The van der Waals surface area contributed by atoms with Crippen LogP contribution in [0.1, 0.15) is 5.56 Å². The van der Waals surface area contributed by atoms with E-state index in [1.165, 1.54) is 0 Å². The number of carbonyl (C=O) groups excluding carboxylic acids is 1. The highest BCUT2D eigenvalue weighted by molar-refractivity contribution is 5.77. The molecule has 2 N–H and O–H groups in total. The molecule has 0 atom stereocenters. The van der Waals surface area contributed by atoms with Crippen LogP contribution in [0, 0.1) is 12.3 Å². The van der Waals surface area contributed by atoms with E-state index in [0.29, 0.717) is 18.0 Å². The van der Waals surface area contributed by atoms with E-state index < -0.39 is 0 Å². The van der Waals surface area contributed by atoms with Gasteiger partial charge in [-0.05, 0) is 24.7 Å². The molecular weight excluding hydrogens is 244 g/mol. The van der Waals surface area contributed by atoms with Gasteiger partial charge in [0.2, 0.25) is 5.91 Å². The third-order valence-corrected chi connectivity index (χ3v) is 2.37. The summed E-state index contributed by atoms with van der Waals surface area (Å²) in [5, 5.41) is 5.56. The zero-order valence-corrected chi connectivity index (χ0v) is 11.2. The number of terminal acetylenes is 1. The number of hydrogen-bond donors (Lipinski definition) is 2. The average molecular weight is 262 g/mol. The highest BCUT2D eigenvalue weighted by atomic mass is 16.5. The minimum Gasteiger partial charge on any atom is -0.493 e. The zero-order valence-electron chi connectivity index (χ0n) is 11.2. The van der Waals surface area contributed by atoms with E-state index >= 15 is 0 Å². The summed E-state index contributed by atoms with van der Waals surface area (Å²) in [5.41, 5.74) is 0.914. The molecule has 1 aromatic rings. The molecule has 0 spiro atoms. The van der Waals surface area contributed by atoms with Gasteiger partial charge < -0.3 is 20.1 Å². The van der Waals surface area contributed by atoms with Crippen LogP contribution in [0.5, 0.6) is 11.5 Å². The van der Waals surface area contributed by atoms with Crippen LogP contribution in [-0.4, -0.2) is 33.2 Å².